The van der Waals surface area contributed by atoms with Crippen LogP contribution in [0.4, 0.5) is 11.4 Å². The molecule has 0 saturated carbocycles. The standard InChI is InChI=1S/C29H29N3O4S/c1-17-10-18(2)12-22(11-17)30-29-32(15-21-8-9-23-24(13-21)36-16-35-23)28(34)25(37-29)14-26(33)31-27-19(3)6-5-7-20(27)4/h5-13,25H,14-16H2,1-4H3,(H,31,33)/t25-/m1/s1. The maximum atomic E-state index is 13.6. The molecule has 2 heterocycles. The summed E-state index contributed by atoms with van der Waals surface area (Å²) in [5, 5.41) is 3.02. The van der Waals surface area contributed by atoms with Crippen LogP contribution in [0.3, 0.4) is 0 Å². The summed E-state index contributed by atoms with van der Waals surface area (Å²) in [6.07, 6.45) is 0.0563. The normalized spacial score (nSPS) is 17.5. The molecule has 2 amide bonds. The van der Waals surface area contributed by atoms with Crippen molar-refractivity contribution >= 4 is 40.1 Å². The number of amides is 2. The number of rotatable bonds is 6. The van der Waals surface area contributed by atoms with Gasteiger partial charge in [0.25, 0.3) is 0 Å². The number of ether oxygens (including phenoxy) is 2. The molecule has 1 N–H and O–H groups in total. The maximum Gasteiger partial charge on any atom is 0.242 e. The number of hydrogen-bond donors (Lipinski definition) is 1. The second-order valence-electron chi connectivity index (χ2n) is 9.48. The predicted molar refractivity (Wildman–Crippen MR) is 147 cm³/mol. The van der Waals surface area contributed by atoms with E-state index in [1.165, 1.54) is 11.8 Å². The number of thioether (sulfide) groups is 1. The van der Waals surface area contributed by atoms with Gasteiger partial charge in [-0.1, -0.05) is 42.1 Å². The van der Waals surface area contributed by atoms with Crippen LogP contribution in [0.15, 0.2) is 59.6 Å². The molecule has 190 valence electrons. The van der Waals surface area contributed by atoms with E-state index in [9.17, 15) is 9.59 Å². The summed E-state index contributed by atoms with van der Waals surface area (Å²) in [7, 11) is 0. The molecule has 0 unspecified atom stereocenters. The molecule has 0 aliphatic carbocycles. The minimum Gasteiger partial charge on any atom is -0.454 e. The average Bonchev–Trinajstić information content (AvgIpc) is 3.41. The number of aliphatic imine (C=N–C) groups is 1. The van der Waals surface area contributed by atoms with Gasteiger partial charge in [0.1, 0.15) is 5.25 Å². The van der Waals surface area contributed by atoms with Crippen LogP contribution in [0.25, 0.3) is 0 Å². The van der Waals surface area contributed by atoms with Crippen LogP contribution in [0, 0.1) is 27.7 Å². The van der Waals surface area contributed by atoms with E-state index in [0.29, 0.717) is 23.2 Å². The Balaban J connectivity index is 1.40. The van der Waals surface area contributed by atoms with E-state index in [1.807, 2.05) is 76.2 Å². The van der Waals surface area contributed by atoms with Crippen molar-refractivity contribution in [3.05, 3.63) is 82.4 Å². The van der Waals surface area contributed by atoms with Crippen molar-refractivity contribution in [1.82, 2.24) is 4.90 Å². The van der Waals surface area contributed by atoms with Crippen LogP contribution in [0.2, 0.25) is 0 Å². The lowest BCUT2D eigenvalue weighted by molar-refractivity contribution is -0.128. The minimum atomic E-state index is -0.567. The van der Waals surface area contributed by atoms with Crippen LogP contribution in [0.1, 0.15) is 34.2 Å². The van der Waals surface area contributed by atoms with Gasteiger partial charge in [0.05, 0.1) is 12.2 Å². The number of nitrogens with zero attached hydrogens (tertiary/aromatic N) is 2. The zero-order valence-electron chi connectivity index (χ0n) is 21.3. The number of hydrogen-bond acceptors (Lipinski definition) is 6. The van der Waals surface area contributed by atoms with Gasteiger partial charge in [0, 0.05) is 12.1 Å². The fourth-order valence-electron chi connectivity index (χ4n) is 4.59. The summed E-state index contributed by atoms with van der Waals surface area (Å²) in [5.74, 6) is 1.02. The van der Waals surface area contributed by atoms with E-state index in [2.05, 4.69) is 11.4 Å². The number of carbonyl (C=O) groups excluding carboxylic acids is 2. The molecule has 5 rings (SSSR count). The highest BCUT2D eigenvalue weighted by atomic mass is 32.2. The van der Waals surface area contributed by atoms with Gasteiger partial charge in [-0.05, 0) is 79.8 Å². The molecule has 7 nitrogen and oxygen atoms in total. The molecule has 2 aliphatic rings. The van der Waals surface area contributed by atoms with Gasteiger partial charge in [-0.2, -0.15) is 0 Å². The highest BCUT2D eigenvalue weighted by Crippen LogP contribution is 2.36. The number of anilines is 1. The first-order valence-electron chi connectivity index (χ1n) is 12.2. The second-order valence-corrected chi connectivity index (χ2v) is 10.6. The Morgan fingerprint density at radius 2 is 1.70 bits per heavy atom. The van der Waals surface area contributed by atoms with Crippen molar-refractivity contribution in [3.63, 3.8) is 0 Å². The minimum absolute atomic E-state index is 0.0563. The summed E-state index contributed by atoms with van der Waals surface area (Å²) in [4.78, 5) is 33.1. The molecule has 3 aromatic rings. The maximum absolute atomic E-state index is 13.6. The topological polar surface area (TPSA) is 80.2 Å². The van der Waals surface area contributed by atoms with Crippen molar-refractivity contribution in [3.8, 4) is 11.5 Å². The summed E-state index contributed by atoms with van der Waals surface area (Å²) >= 11 is 1.34. The zero-order chi connectivity index (χ0) is 26.1. The van der Waals surface area contributed by atoms with Gasteiger partial charge in [-0.3, -0.25) is 14.5 Å². The number of para-hydroxylation sites is 1. The van der Waals surface area contributed by atoms with E-state index in [0.717, 1.165) is 39.2 Å². The van der Waals surface area contributed by atoms with Gasteiger partial charge >= 0.3 is 0 Å². The van der Waals surface area contributed by atoms with E-state index in [4.69, 9.17) is 14.5 Å². The predicted octanol–water partition coefficient (Wildman–Crippen LogP) is 5.81. The Labute approximate surface area is 220 Å². The summed E-state index contributed by atoms with van der Waals surface area (Å²) in [5.41, 5.74) is 6.64. The molecule has 2 aliphatic heterocycles. The Morgan fingerprint density at radius 3 is 2.43 bits per heavy atom. The molecule has 1 fully saturated rings. The lowest BCUT2D eigenvalue weighted by Crippen LogP contribution is -2.33. The largest absolute Gasteiger partial charge is 0.454 e. The van der Waals surface area contributed by atoms with E-state index >= 15 is 0 Å². The fraction of sp³-hybridized carbons (Fsp3) is 0.276. The Morgan fingerprint density at radius 1 is 1.00 bits per heavy atom. The molecule has 0 bridgehead atoms. The van der Waals surface area contributed by atoms with Crippen molar-refractivity contribution in [2.45, 2.75) is 45.9 Å². The van der Waals surface area contributed by atoms with Crippen molar-refractivity contribution in [2.75, 3.05) is 12.1 Å². The summed E-state index contributed by atoms with van der Waals surface area (Å²) in [6.45, 7) is 8.47. The van der Waals surface area contributed by atoms with Crippen LogP contribution in [-0.4, -0.2) is 33.9 Å². The van der Waals surface area contributed by atoms with Crippen LogP contribution < -0.4 is 14.8 Å². The number of nitrogens with one attached hydrogen (secondary N) is 1. The molecular weight excluding hydrogens is 486 g/mol. The quantitative estimate of drug-likeness (QED) is 0.448. The van der Waals surface area contributed by atoms with Gasteiger partial charge in [-0.15, -0.1) is 0 Å². The third-order valence-electron chi connectivity index (χ3n) is 6.35. The van der Waals surface area contributed by atoms with Crippen LogP contribution in [0.5, 0.6) is 11.5 Å². The smallest absolute Gasteiger partial charge is 0.242 e. The number of fused-ring (bicyclic) bond motifs is 1. The van der Waals surface area contributed by atoms with Gasteiger partial charge in [-0.25, -0.2) is 4.99 Å². The molecule has 0 aromatic heterocycles. The van der Waals surface area contributed by atoms with Crippen LogP contribution >= 0.6 is 11.8 Å². The van der Waals surface area contributed by atoms with E-state index in [-0.39, 0.29) is 25.0 Å². The molecule has 8 heteroatoms. The number of amidine groups is 1. The van der Waals surface area contributed by atoms with Crippen molar-refractivity contribution < 1.29 is 19.1 Å². The lowest BCUT2D eigenvalue weighted by Gasteiger charge is -2.17. The third-order valence-corrected chi connectivity index (χ3v) is 7.52. The van der Waals surface area contributed by atoms with Gasteiger partial charge in [0.2, 0.25) is 18.6 Å². The molecule has 3 aromatic carbocycles. The molecule has 37 heavy (non-hydrogen) atoms. The SMILES string of the molecule is Cc1cc(C)cc(N=C2S[C@H](CC(=O)Nc3c(C)cccc3C)C(=O)N2Cc2ccc3c(c2)OCO3)c1. The van der Waals surface area contributed by atoms with Crippen molar-refractivity contribution in [1.29, 1.82) is 0 Å². The zero-order valence-corrected chi connectivity index (χ0v) is 22.1. The number of aryl methyl sites for hydroxylation is 4. The van der Waals surface area contributed by atoms with E-state index in [1.54, 1.807) is 4.90 Å². The van der Waals surface area contributed by atoms with Crippen LogP contribution in [-0.2, 0) is 16.1 Å². The molecule has 0 spiro atoms. The average molecular weight is 516 g/mol. The molecule has 1 atom stereocenters. The highest BCUT2D eigenvalue weighted by molar-refractivity contribution is 8.15. The van der Waals surface area contributed by atoms with Gasteiger partial charge in [0.15, 0.2) is 16.7 Å². The lowest BCUT2D eigenvalue weighted by atomic mass is 10.1. The van der Waals surface area contributed by atoms with E-state index < -0.39 is 5.25 Å². The summed E-state index contributed by atoms with van der Waals surface area (Å²) in [6, 6.07) is 17.6. The molecule has 0 radical (unpaired) electrons. The first-order chi connectivity index (χ1) is 17.8. The Bertz CT molecular complexity index is 1380. The van der Waals surface area contributed by atoms with Gasteiger partial charge < -0.3 is 14.8 Å². The Kier molecular flexibility index (Phi) is 6.93. The molecular formula is C29H29N3O4S. The molecule has 1 saturated heterocycles. The number of carbonyl (C=O) groups is 2. The second kappa shape index (κ2) is 10.3. The monoisotopic (exact) mass is 515 g/mol. The first-order valence-corrected chi connectivity index (χ1v) is 13.0. The number of benzene rings is 3. The highest BCUT2D eigenvalue weighted by Gasteiger charge is 2.39. The third kappa shape index (κ3) is 5.49. The Hall–Kier alpha value is -3.78. The first kappa shape index (κ1) is 24.9. The van der Waals surface area contributed by atoms with Crippen molar-refractivity contribution in [2.24, 2.45) is 4.99 Å². The fourth-order valence-corrected chi connectivity index (χ4v) is 5.75. The summed E-state index contributed by atoms with van der Waals surface area (Å²) < 4.78 is 10.9.